The van der Waals surface area contributed by atoms with Crippen LogP contribution in [0.4, 0.5) is 4.79 Å². The zero-order valence-electron chi connectivity index (χ0n) is 15.3. The molecule has 1 aromatic carbocycles. The molecule has 0 unspecified atom stereocenters. The molecule has 1 aromatic rings. The first-order valence-corrected chi connectivity index (χ1v) is 8.92. The molecule has 0 radical (unpaired) electrons. The molecule has 7 nitrogen and oxygen atoms in total. The zero-order chi connectivity index (χ0) is 18.9. The van der Waals surface area contributed by atoms with Gasteiger partial charge < -0.3 is 14.8 Å². The van der Waals surface area contributed by atoms with Crippen molar-refractivity contribution < 1.29 is 23.9 Å². The van der Waals surface area contributed by atoms with Gasteiger partial charge in [0.05, 0.1) is 0 Å². The van der Waals surface area contributed by atoms with Crippen LogP contribution in [0.15, 0.2) is 18.2 Å². The predicted octanol–water partition coefficient (Wildman–Crippen LogP) is 1.97. The first kappa shape index (κ1) is 19.8. The zero-order valence-corrected chi connectivity index (χ0v) is 15.3. The first-order chi connectivity index (χ1) is 12.4. The number of hydrogen-bond donors (Lipinski definition) is 2. The van der Waals surface area contributed by atoms with Crippen LogP contribution in [-0.2, 0) is 27.2 Å². The van der Waals surface area contributed by atoms with Gasteiger partial charge in [-0.15, -0.1) is 0 Å². The largest absolute Gasteiger partial charge is 0.482 e. The molecule has 0 spiro atoms. The SMILES string of the molecule is CC(C)CCNC(=O)NC(=O)COC(=O)COc1ccc2c(c1)CCC2. The molecule has 1 aliphatic rings. The van der Waals surface area contributed by atoms with Gasteiger partial charge in [0.2, 0.25) is 0 Å². The number of rotatable bonds is 8. The van der Waals surface area contributed by atoms with Gasteiger partial charge in [0, 0.05) is 6.54 Å². The molecule has 26 heavy (non-hydrogen) atoms. The minimum Gasteiger partial charge on any atom is -0.482 e. The van der Waals surface area contributed by atoms with E-state index in [1.807, 2.05) is 32.0 Å². The summed E-state index contributed by atoms with van der Waals surface area (Å²) in [6.45, 7) is 3.74. The number of urea groups is 1. The number of imide groups is 1. The van der Waals surface area contributed by atoms with Gasteiger partial charge >= 0.3 is 12.0 Å². The number of nitrogens with one attached hydrogen (secondary N) is 2. The summed E-state index contributed by atoms with van der Waals surface area (Å²) in [7, 11) is 0. The number of ether oxygens (including phenoxy) is 2. The molecule has 7 heteroatoms. The van der Waals surface area contributed by atoms with Gasteiger partial charge in [0.1, 0.15) is 5.75 Å². The molecule has 0 heterocycles. The maximum atomic E-state index is 11.7. The number of benzene rings is 1. The van der Waals surface area contributed by atoms with E-state index in [-0.39, 0.29) is 6.61 Å². The van der Waals surface area contributed by atoms with Crippen LogP contribution in [0.25, 0.3) is 0 Å². The van der Waals surface area contributed by atoms with E-state index in [0.717, 1.165) is 25.7 Å². The molecule has 0 fully saturated rings. The molecule has 2 rings (SSSR count). The van der Waals surface area contributed by atoms with Crippen LogP contribution < -0.4 is 15.4 Å². The lowest BCUT2D eigenvalue weighted by Crippen LogP contribution is -2.42. The van der Waals surface area contributed by atoms with Crippen LogP contribution in [0.1, 0.15) is 37.8 Å². The molecule has 0 atom stereocenters. The summed E-state index contributed by atoms with van der Waals surface area (Å²) in [5.74, 6) is -0.284. The number of carbonyl (C=O) groups is 3. The van der Waals surface area contributed by atoms with Gasteiger partial charge in [-0.2, -0.15) is 0 Å². The number of hydrogen-bond acceptors (Lipinski definition) is 5. The van der Waals surface area contributed by atoms with Crippen LogP contribution in [0.3, 0.4) is 0 Å². The molecular formula is C19H26N2O5. The average Bonchev–Trinajstić information content (AvgIpc) is 3.05. The lowest BCUT2D eigenvalue weighted by Gasteiger charge is -2.09. The normalized spacial score (nSPS) is 12.4. The fourth-order valence-electron chi connectivity index (χ4n) is 2.65. The Kier molecular flexibility index (Phi) is 7.44. The Morgan fingerprint density at radius 1 is 1.12 bits per heavy atom. The van der Waals surface area contributed by atoms with Crippen LogP contribution in [-0.4, -0.2) is 37.7 Å². The second kappa shape index (κ2) is 9.79. The van der Waals surface area contributed by atoms with Crippen LogP contribution in [0, 0.1) is 5.92 Å². The van der Waals surface area contributed by atoms with Gasteiger partial charge in [-0.05, 0) is 54.9 Å². The molecular weight excluding hydrogens is 336 g/mol. The van der Waals surface area contributed by atoms with Gasteiger partial charge in [-0.3, -0.25) is 10.1 Å². The van der Waals surface area contributed by atoms with E-state index in [0.29, 0.717) is 18.2 Å². The van der Waals surface area contributed by atoms with E-state index in [9.17, 15) is 14.4 Å². The highest BCUT2D eigenvalue weighted by molar-refractivity contribution is 5.95. The Balaban J connectivity index is 1.62. The van der Waals surface area contributed by atoms with E-state index < -0.39 is 24.5 Å². The van der Waals surface area contributed by atoms with Gasteiger partial charge in [-0.25, -0.2) is 9.59 Å². The standard InChI is InChI=1S/C19H26N2O5/c1-13(2)8-9-20-19(24)21-17(22)11-26-18(23)12-25-16-7-6-14-4-3-5-15(14)10-16/h6-7,10,13H,3-5,8-9,11-12H2,1-2H3,(H2,20,21,22,24). The number of carbonyl (C=O) groups excluding carboxylic acids is 3. The summed E-state index contributed by atoms with van der Waals surface area (Å²) in [5.41, 5.74) is 2.57. The molecule has 142 valence electrons. The predicted molar refractivity (Wildman–Crippen MR) is 95.9 cm³/mol. The summed E-state index contributed by atoms with van der Waals surface area (Å²) in [6.07, 6.45) is 4.06. The number of aryl methyl sites for hydroxylation is 2. The first-order valence-electron chi connectivity index (χ1n) is 8.92. The second-order valence-electron chi connectivity index (χ2n) is 6.72. The fraction of sp³-hybridized carbons (Fsp3) is 0.526. The highest BCUT2D eigenvalue weighted by Crippen LogP contribution is 2.25. The van der Waals surface area contributed by atoms with E-state index >= 15 is 0 Å². The van der Waals surface area contributed by atoms with Gasteiger partial charge in [0.25, 0.3) is 5.91 Å². The Morgan fingerprint density at radius 3 is 2.65 bits per heavy atom. The lowest BCUT2D eigenvalue weighted by molar-refractivity contribution is -0.150. The van der Waals surface area contributed by atoms with E-state index in [1.54, 1.807) is 0 Å². The molecule has 1 aliphatic carbocycles. The van der Waals surface area contributed by atoms with Crippen LogP contribution in [0.2, 0.25) is 0 Å². The lowest BCUT2D eigenvalue weighted by atomic mass is 10.1. The van der Waals surface area contributed by atoms with Crippen LogP contribution >= 0.6 is 0 Å². The molecule has 0 aliphatic heterocycles. The Morgan fingerprint density at radius 2 is 1.88 bits per heavy atom. The molecule has 3 amide bonds. The van der Waals surface area contributed by atoms with Crippen molar-refractivity contribution in [2.45, 2.75) is 39.5 Å². The van der Waals surface area contributed by atoms with Crippen molar-refractivity contribution in [2.24, 2.45) is 5.92 Å². The van der Waals surface area contributed by atoms with Crippen molar-refractivity contribution in [3.63, 3.8) is 0 Å². The van der Waals surface area contributed by atoms with E-state index in [2.05, 4.69) is 10.6 Å². The molecule has 0 saturated carbocycles. The second-order valence-corrected chi connectivity index (χ2v) is 6.72. The van der Waals surface area contributed by atoms with Crippen molar-refractivity contribution in [1.29, 1.82) is 0 Å². The van der Waals surface area contributed by atoms with E-state index in [4.69, 9.17) is 9.47 Å². The Labute approximate surface area is 153 Å². The third-order valence-electron chi connectivity index (χ3n) is 4.05. The molecule has 0 saturated heterocycles. The quantitative estimate of drug-likeness (QED) is 0.690. The topological polar surface area (TPSA) is 93.7 Å². The summed E-state index contributed by atoms with van der Waals surface area (Å²) in [4.78, 5) is 34.7. The average molecular weight is 362 g/mol. The number of esters is 1. The Hall–Kier alpha value is -2.57. The number of fused-ring (bicyclic) bond motifs is 1. The van der Waals surface area contributed by atoms with Gasteiger partial charge in [-0.1, -0.05) is 19.9 Å². The summed E-state index contributed by atoms with van der Waals surface area (Å²) >= 11 is 0. The van der Waals surface area contributed by atoms with Crippen molar-refractivity contribution >= 4 is 17.9 Å². The van der Waals surface area contributed by atoms with E-state index in [1.165, 1.54) is 11.1 Å². The van der Waals surface area contributed by atoms with Crippen LogP contribution in [0.5, 0.6) is 5.75 Å². The highest BCUT2D eigenvalue weighted by atomic mass is 16.6. The minimum absolute atomic E-state index is 0.285. The summed E-state index contributed by atoms with van der Waals surface area (Å²) < 4.78 is 10.2. The van der Waals surface area contributed by atoms with Crippen molar-refractivity contribution in [3.8, 4) is 5.75 Å². The Bertz CT molecular complexity index is 657. The van der Waals surface area contributed by atoms with Gasteiger partial charge in [0.15, 0.2) is 13.2 Å². The fourth-order valence-corrected chi connectivity index (χ4v) is 2.65. The number of amides is 3. The monoisotopic (exact) mass is 362 g/mol. The summed E-state index contributed by atoms with van der Waals surface area (Å²) in [6, 6.07) is 5.17. The van der Waals surface area contributed by atoms with Crippen molar-refractivity contribution in [3.05, 3.63) is 29.3 Å². The third kappa shape index (κ3) is 6.74. The molecule has 0 aromatic heterocycles. The van der Waals surface area contributed by atoms with Crippen molar-refractivity contribution in [1.82, 2.24) is 10.6 Å². The minimum atomic E-state index is -0.682. The smallest absolute Gasteiger partial charge is 0.344 e. The van der Waals surface area contributed by atoms with Crippen molar-refractivity contribution in [2.75, 3.05) is 19.8 Å². The maximum absolute atomic E-state index is 11.7. The molecule has 2 N–H and O–H groups in total. The summed E-state index contributed by atoms with van der Waals surface area (Å²) in [5, 5.41) is 4.67. The maximum Gasteiger partial charge on any atom is 0.344 e. The molecule has 0 bridgehead atoms. The highest BCUT2D eigenvalue weighted by Gasteiger charge is 2.13. The third-order valence-corrected chi connectivity index (χ3v) is 4.05.